The minimum Gasteiger partial charge on any atom is -0.497 e. The van der Waals surface area contributed by atoms with Gasteiger partial charge in [-0.05, 0) is 46.3 Å². The number of ether oxygens (including phenoxy) is 2. The Morgan fingerprint density at radius 3 is 2.74 bits per heavy atom. The molecule has 0 bridgehead atoms. The van der Waals surface area contributed by atoms with E-state index in [2.05, 4.69) is 15.9 Å². The van der Waals surface area contributed by atoms with Crippen LogP contribution in [0.4, 0.5) is 0 Å². The number of carboxylic acid groups (broad SMARTS) is 1. The van der Waals surface area contributed by atoms with Gasteiger partial charge in [-0.25, -0.2) is 4.79 Å². The van der Waals surface area contributed by atoms with Crippen LogP contribution in [0.5, 0.6) is 11.5 Å². The van der Waals surface area contributed by atoms with Crippen LogP contribution in [0.1, 0.15) is 15.2 Å². The summed E-state index contributed by atoms with van der Waals surface area (Å²) in [5, 5.41) is 9.15. The predicted molar refractivity (Wildman–Crippen MR) is 76.3 cm³/mol. The molecule has 0 fully saturated rings. The maximum absolute atomic E-state index is 11.2. The van der Waals surface area contributed by atoms with E-state index in [1.54, 1.807) is 23.5 Å². The molecule has 6 heteroatoms. The van der Waals surface area contributed by atoms with E-state index >= 15 is 0 Å². The lowest BCUT2D eigenvalue weighted by atomic mass is 10.2. The number of thiophene rings is 1. The molecule has 0 aliphatic rings. The number of benzene rings is 1. The average Bonchev–Trinajstić information content (AvgIpc) is 2.82. The van der Waals surface area contributed by atoms with Crippen molar-refractivity contribution in [3.63, 3.8) is 0 Å². The Morgan fingerprint density at radius 2 is 2.16 bits per heavy atom. The van der Waals surface area contributed by atoms with Crippen LogP contribution in [0.3, 0.4) is 0 Å². The summed E-state index contributed by atoms with van der Waals surface area (Å²) in [5.41, 5.74) is 0.0926. The van der Waals surface area contributed by atoms with Crippen molar-refractivity contribution >= 4 is 33.2 Å². The highest BCUT2D eigenvalue weighted by atomic mass is 79.9. The normalized spacial score (nSPS) is 10.2. The van der Waals surface area contributed by atoms with Crippen LogP contribution in [-0.2, 0) is 6.61 Å². The molecule has 0 radical (unpaired) electrons. The third kappa shape index (κ3) is 3.48. The standard InChI is InChI=1S/C13H11BrO4S/c1-17-8-2-4-11(10(6-8)13(15)16)18-7-9-3-5-12(14)19-9/h2-6H,7H2,1H3,(H,15,16). The van der Waals surface area contributed by atoms with Gasteiger partial charge in [0.25, 0.3) is 0 Å². The van der Waals surface area contributed by atoms with Crippen molar-refractivity contribution in [2.24, 2.45) is 0 Å². The zero-order valence-electron chi connectivity index (χ0n) is 10.1. The van der Waals surface area contributed by atoms with Crippen molar-refractivity contribution in [1.29, 1.82) is 0 Å². The second-order valence-corrected chi connectivity index (χ2v) is 6.21. The summed E-state index contributed by atoms with van der Waals surface area (Å²) in [6.07, 6.45) is 0. The van der Waals surface area contributed by atoms with Crippen molar-refractivity contribution in [3.8, 4) is 11.5 Å². The lowest BCUT2D eigenvalue weighted by Crippen LogP contribution is -2.03. The molecular formula is C13H11BrO4S. The summed E-state index contributed by atoms with van der Waals surface area (Å²) in [6, 6.07) is 8.58. The van der Waals surface area contributed by atoms with E-state index in [0.29, 0.717) is 18.1 Å². The zero-order chi connectivity index (χ0) is 13.8. The monoisotopic (exact) mass is 342 g/mol. The third-order valence-corrected chi connectivity index (χ3v) is 4.01. The maximum Gasteiger partial charge on any atom is 0.339 e. The van der Waals surface area contributed by atoms with Crippen molar-refractivity contribution in [2.45, 2.75) is 6.61 Å². The Balaban J connectivity index is 2.17. The van der Waals surface area contributed by atoms with Crippen molar-refractivity contribution in [3.05, 3.63) is 44.6 Å². The van der Waals surface area contributed by atoms with Crippen molar-refractivity contribution in [2.75, 3.05) is 7.11 Å². The average molecular weight is 343 g/mol. The van der Waals surface area contributed by atoms with Gasteiger partial charge in [-0.3, -0.25) is 0 Å². The molecule has 0 aliphatic carbocycles. The second-order valence-electron chi connectivity index (χ2n) is 3.66. The van der Waals surface area contributed by atoms with Crippen LogP contribution in [0.2, 0.25) is 0 Å². The van der Waals surface area contributed by atoms with E-state index in [1.165, 1.54) is 13.2 Å². The first kappa shape index (κ1) is 13.9. The van der Waals surface area contributed by atoms with E-state index in [9.17, 15) is 4.79 Å². The molecule has 4 nitrogen and oxygen atoms in total. The number of carboxylic acids is 1. The molecule has 1 aromatic carbocycles. The molecule has 100 valence electrons. The van der Waals surface area contributed by atoms with Gasteiger partial charge in [0.1, 0.15) is 23.7 Å². The number of rotatable bonds is 5. The fraction of sp³-hybridized carbons (Fsp3) is 0.154. The van der Waals surface area contributed by atoms with Crippen LogP contribution in [0, 0.1) is 0 Å². The van der Waals surface area contributed by atoms with E-state index < -0.39 is 5.97 Å². The lowest BCUT2D eigenvalue weighted by Gasteiger charge is -2.09. The molecule has 2 rings (SSSR count). The summed E-state index contributed by atoms with van der Waals surface area (Å²) in [5.74, 6) is -0.220. The summed E-state index contributed by atoms with van der Waals surface area (Å²) in [6.45, 7) is 0.336. The molecule has 0 unspecified atom stereocenters. The van der Waals surface area contributed by atoms with Gasteiger partial charge in [0, 0.05) is 4.88 Å². The number of halogens is 1. The molecule has 0 saturated heterocycles. The number of aromatic carboxylic acids is 1. The van der Waals surface area contributed by atoms with Crippen LogP contribution in [-0.4, -0.2) is 18.2 Å². The highest BCUT2D eigenvalue weighted by molar-refractivity contribution is 9.11. The minimum absolute atomic E-state index is 0.0926. The third-order valence-electron chi connectivity index (χ3n) is 2.42. The van der Waals surface area contributed by atoms with Crippen LogP contribution in [0.25, 0.3) is 0 Å². The van der Waals surface area contributed by atoms with Crippen LogP contribution < -0.4 is 9.47 Å². The van der Waals surface area contributed by atoms with Crippen LogP contribution >= 0.6 is 27.3 Å². The topological polar surface area (TPSA) is 55.8 Å². The molecule has 0 spiro atoms. The highest BCUT2D eigenvalue weighted by Gasteiger charge is 2.13. The Bertz CT molecular complexity index is 594. The van der Waals surface area contributed by atoms with Gasteiger partial charge in [0.05, 0.1) is 10.9 Å². The minimum atomic E-state index is -1.04. The molecule has 19 heavy (non-hydrogen) atoms. The van der Waals surface area contributed by atoms with Gasteiger partial charge >= 0.3 is 5.97 Å². The number of carbonyl (C=O) groups is 1. The lowest BCUT2D eigenvalue weighted by molar-refractivity contribution is 0.0691. The van der Waals surface area contributed by atoms with Gasteiger partial charge in [0.2, 0.25) is 0 Å². The van der Waals surface area contributed by atoms with Crippen molar-refractivity contribution in [1.82, 2.24) is 0 Å². The Labute approximate surface area is 122 Å². The molecule has 0 aliphatic heterocycles. The Hall–Kier alpha value is -1.53. The van der Waals surface area contributed by atoms with Crippen molar-refractivity contribution < 1.29 is 19.4 Å². The first-order valence-electron chi connectivity index (χ1n) is 5.38. The highest BCUT2D eigenvalue weighted by Crippen LogP contribution is 2.27. The number of methoxy groups -OCH3 is 1. The van der Waals surface area contributed by atoms with Crippen LogP contribution in [0.15, 0.2) is 34.1 Å². The smallest absolute Gasteiger partial charge is 0.339 e. The number of hydrogen-bond donors (Lipinski definition) is 1. The SMILES string of the molecule is COc1ccc(OCc2ccc(Br)s2)c(C(=O)O)c1. The first-order valence-corrected chi connectivity index (χ1v) is 6.99. The van der Waals surface area contributed by atoms with Gasteiger partial charge in [0.15, 0.2) is 0 Å². The van der Waals surface area contributed by atoms with Gasteiger partial charge in [-0.2, -0.15) is 0 Å². The summed E-state index contributed by atoms with van der Waals surface area (Å²) in [4.78, 5) is 12.2. The predicted octanol–water partition coefficient (Wildman–Crippen LogP) is 3.80. The summed E-state index contributed by atoms with van der Waals surface area (Å²) >= 11 is 4.92. The van der Waals surface area contributed by atoms with E-state index in [4.69, 9.17) is 14.6 Å². The summed E-state index contributed by atoms with van der Waals surface area (Å²) < 4.78 is 11.6. The molecule has 1 N–H and O–H groups in total. The summed E-state index contributed by atoms with van der Waals surface area (Å²) in [7, 11) is 1.49. The molecule has 0 atom stereocenters. The molecular weight excluding hydrogens is 332 g/mol. The van der Waals surface area contributed by atoms with Gasteiger partial charge in [-0.1, -0.05) is 0 Å². The quantitative estimate of drug-likeness (QED) is 0.897. The first-order chi connectivity index (χ1) is 9.10. The largest absolute Gasteiger partial charge is 0.497 e. The zero-order valence-corrected chi connectivity index (χ0v) is 12.5. The molecule has 0 amide bonds. The van der Waals surface area contributed by atoms with Gasteiger partial charge in [-0.15, -0.1) is 11.3 Å². The van der Waals surface area contributed by atoms with Gasteiger partial charge < -0.3 is 14.6 Å². The Kier molecular flexibility index (Phi) is 4.44. The molecule has 1 heterocycles. The molecule has 2 aromatic rings. The number of hydrogen-bond acceptors (Lipinski definition) is 4. The fourth-order valence-corrected chi connectivity index (χ4v) is 2.90. The maximum atomic E-state index is 11.2. The molecule has 0 saturated carbocycles. The Morgan fingerprint density at radius 1 is 1.37 bits per heavy atom. The van der Waals surface area contributed by atoms with E-state index in [1.807, 2.05) is 12.1 Å². The van der Waals surface area contributed by atoms with E-state index in [0.717, 1.165) is 8.66 Å². The fourth-order valence-electron chi connectivity index (χ4n) is 1.51. The second kappa shape index (κ2) is 6.08. The van der Waals surface area contributed by atoms with E-state index in [-0.39, 0.29) is 5.56 Å². The molecule has 1 aromatic heterocycles.